The van der Waals surface area contributed by atoms with Crippen LogP contribution in [0, 0.1) is 11.3 Å². The summed E-state index contributed by atoms with van der Waals surface area (Å²) in [6.07, 6.45) is 0. The maximum Gasteiger partial charge on any atom is 0.224 e. The van der Waals surface area contributed by atoms with Crippen LogP contribution in [0.15, 0.2) is 6.07 Å². The van der Waals surface area contributed by atoms with Crippen LogP contribution >= 0.6 is 11.6 Å². The molecule has 1 saturated heterocycles. The van der Waals surface area contributed by atoms with Crippen LogP contribution in [-0.2, 0) is 10.2 Å². The fourth-order valence-electron chi connectivity index (χ4n) is 2.00. The largest absolute Gasteiger partial charge is 0.377 e. The van der Waals surface area contributed by atoms with Gasteiger partial charge < -0.3 is 9.64 Å². The third kappa shape index (κ3) is 2.96. The molecule has 1 aromatic heterocycles. The van der Waals surface area contributed by atoms with E-state index in [1.807, 2.05) is 19.9 Å². The summed E-state index contributed by atoms with van der Waals surface area (Å²) in [4.78, 5) is 10.6. The Morgan fingerprint density at radius 2 is 2.26 bits per heavy atom. The van der Waals surface area contributed by atoms with Gasteiger partial charge in [0.1, 0.15) is 5.82 Å². The summed E-state index contributed by atoms with van der Waals surface area (Å²) in [7, 11) is 0. The lowest BCUT2D eigenvalue weighted by atomic mass is 9.91. The maximum atomic E-state index is 9.20. The number of anilines is 1. The van der Waals surface area contributed by atoms with Gasteiger partial charge in [-0.1, -0.05) is 0 Å². The minimum atomic E-state index is -0.684. The molecular weight excluding hydrogens is 264 g/mol. The summed E-state index contributed by atoms with van der Waals surface area (Å²) in [6.45, 7) is 7.81. The van der Waals surface area contributed by atoms with E-state index in [0.717, 1.165) is 12.4 Å². The van der Waals surface area contributed by atoms with E-state index in [4.69, 9.17) is 16.3 Å². The number of ether oxygens (including phenoxy) is 1. The first-order chi connectivity index (χ1) is 8.94. The minimum Gasteiger partial charge on any atom is -0.377 e. The van der Waals surface area contributed by atoms with Gasteiger partial charge in [0.2, 0.25) is 5.28 Å². The Bertz CT molecular complexity index is 512. The summed E-state index contributed by atoms with van der Waals surface area (Å²) in [5, 5.41) is 9.38. The lowest BCUT2D eigenvalue weighted by molar-refractivity contribution is 0.0985. The van der Waals surface area contributed by atoms with Gasteiger partial charge in [-0.05, 0) is 32.4 Å². The number of hydrogen-bond donors (Lipinski definition) is 0. The minimum absolute atomic E-state index is 0.175. The monoisotopic (exact) mass is 280 g/mol. The summed E-state index contributed by atoms with van der Waals surface area (Å²) in [5.74, 6) is 0.758. The van der Waals surface area contributed by atoms with Crippen molar-refractivity contribution in [2.45, 2.75) is 32.2 Å². The van der Waals surface area contributed by atoms with E-state index in [0.29, 0.717) is 18.9 Å². The van der Waals surface area contributed by atoms with E-state index in [1.54, 1.807) is 0 Å². The van der Waals surface area contributed by atoms with Gasteiger partial charge in [0.25, 0.3) is 0 Å². The van der Waals surface area contributed by atoms with Crippen molar-refractivity contribution in [3.63, 3.8) is 0 Å². The van der Waals surface area contributed by atoms with E-state index in [-0.39, 0.29) is 11.3 Å². The van der Waals surface area contributed by atoms with E-state index < -0.39 is 5.41 Å². The molecule has 0 aliphatic carbocycles. The van der Waals surface area contributed by atoms with Crippen LogP contribution in [0.3, 0.4) is 0 Å². The quantitative estimate of drug-likeness (QED) is 0.777. The van der Waals surface area contributed by atoms with Gasteiger partial charge in [-0.15, -0.1) is 0 Å². The predicted molar refractivity (Wildman–Crippen MR) is 73.3 cm³/mol. The topological polar surface area (TPSA) is 62.0 Å². The molecule has 0 amide bonds. The first-order valence-corrected chi connectivity index (χ1v) is 6.62. The zero-order valence-corrected chi connectivity index (χ0v) is 12.1. The fourth-order valence-corrected chi connectivity index (χ4v) is 2.18. The Kier molecular flexibility index (Phi) is 3.93. The molecule has 5 nitrogen and oxygen atoms in total. The fraction of sp³-hybridized carbons (Fsp3) is 0.615. The lowest BCUT2D eigenvalue weighted by Gasteiger charge is -2.34. The standard InChI is InChI=1S/C13H17ClN4O/c1-9-7-19-5-4-18(9)11-6-10(13(2,3)8-15)16-12(14)17-11/h6,9H,4-5,7H2,1-3H3. The van der Waals surface area contributed by atoms with E-state index in [1.165, 1.54) is 0 Å². The van der Waals surface area contributed by atoms with Crippen LogP contribution in [0.25, 0.3) is 0 Å². The molecule has 1 unspecified atom stereocenters. The highest BCUT2D eigenvalue weighted by molar-refractivity contribution is 6.28. The third-order valence-electron chi connectivity index (χ3n) is 3.27. The second kappa shape index (κ2) is 5.32. The third-order valence-corrected chi connectivity index (χ3v) is 3.44. The molecule has 2 heterocycles. The molecule has 1 aromatic rings. The number of nitriles is 1. The maximum absolute atomic E-state index is 9.20. The number of morpholine rings is 1. The highest BCUT2D eigenvalue weighted by atomic mass is 35.5. The van der Waals surface area contributed by atoms with E-state index in [9.17, 15) is 5.26 Å². The molecule has 1 atom stereocenters. The molecule has 0 saturated carbocycles. The summed E-state index contributed by atoms with van der Waals surface area (Å²) in [6, 6.07) is 4.31. The Morgan fingerprint density at radius 3 is 2.89 bits per heavy atom. The van der Waals surface area contributed by atoms with Gasteiger partial charge in [0.15, 0.2) is 0 Å². The average Bonchev–Trinajstić information content (AvgIpc) is 2.38. The Morgan fingerprint density at radius 1 is 1.53 bits per heavy atom. The zero-order valence-electron chi connectivity index (χ0n) is 11.4. The molecule has 19 heavy (non-hydrogen) atoms. The van der Waals surface area contributed by atoms with E-state index >= 15 is 0 Å². The van der Waals surface area contributed by atoms with Crippen LogP contribution in [-0.4, -0.2) is 35.8 Å². The van der Waals surface area contributed by atoms with Crippen molar-refractivity contribution >= 4 is 17.4 Å². The molecule has 6 heteroatoms. The summed E-state index contributed by atoms with van der Waals surface area (Å²) in [5.41, 5.74) is -0.0414. The number of nitrogens with zero attached hydrogens (tertiary/aromatic N) is 4. The second-order valence-corrected chi connectivity index (χ2v) is 5.57. The van der Waals surface area contributed by atoms with Gasteiger partial charge in [-0.3, -0.25) is 0 Å². The van der Waals surface area contributed by atoms with Crippen LogP contribution < -0.4 is 4.90 Å². The van der Waals surface area contributed by atoms with Crippen LogP contribution in [0.5, 0.6) is 0 Å². The van der Waals surface area contributed by atoms with Crippen molar-refractivity contribution in [1.29, 1.82) is 5.26 Å². The van der Waals surface area contributed by atoms with Crippen molar-refractivity contribution in [2.24, 2.45) is 0 Å². The number of hydrogen-bond acceptors (Lipinski definition) is 5. The molecule has 0 radical (unpaired) electrons. The Labute approximate surface area is 118 Å². The number of rotatable bonds is 2. The molecule has 1 aliphatic rings. The zero-order chi connectivity index (χ0) is 14.0. The lowest BCUT2D eigenvalue weighted by Crippen LogP contribution is -2.44. The van der Waals surface area contributed by atoms with Crippen LogP contribution in [0.2, 0.25) is 5.28 Å². The average molecular weight is 281 g/mol. The molecule has 1 aliphatic heterocycles. The molecule has 0 aromatic carbocycles. The number of aromatic nitrogens is 2. The highest BCUT2D eigenvalue weighted by Gasteiger charge is 2.26. The van der Waals surface area contributed by atoms with Gasteiger partial charge in [-0.25, -0.2) is 9.97 Å². The molecule has 0 spiro atoms. The Hall–Kier alpha value is -1.38. The molecule has 1 fully saturated rings. The van der Waals surface area contributed by atoms with Crippen LogP contribution in [0.4, 0.5) is 5.82 Å². The summed E-state index contributed by atoms with van der Waals surface area (Å²) >= 11 is 5.99. The van der Waals surface area contributed by atoms with Crippen molar-refractivity contribution in [3.05, 3.63) is 17.0 Å². The van der Waals surface area contributed by atoms with Crippen molar-refractivity contribution in [1.82, 2.24) is 9.97 Å². The smallest absolute Gasteiger partial charge is 0.224 e. The summed E-state index contributed by atoms with van der Waals surface area (Å²) < 4.78 is 5.41. The van der Waals surface area contributed by atoms with Gasteiger partial charge >= 0.3 is 0 Å². The van der Waals surface area contributed by atoms with Crippen LogP contribution in [0.1, 0.15) is 26.5 Å². The first kappa shape index (κ1) is 14.0. The highest BCUT2D eigenvalue weighted by Crippen LogP contribution is 2.26. The molecule has 0 bridgehead atoms. The first-order valence-electron chi connectivity index (χ1n) is 6.25. The van der Waals surface area contributed by atoms with Crippen molar-refractivity contribution < 1.29 is 4.74 Å². The van der Waals surface area contributed by atoms with Crippen molar-refractivity contribution in [3.8, 4) is 6.07 Å². The normalized spacial score (nSPS) is 20.2. The molecule has 102 valence electrons. The molecule has 2 rings (SSSR count). The second-order valence-electron chi connectivity index (χ2n) is 5.23. The van der Waals surface area contributed by atoms with Gasteiger partial charge in [0, 0.05) is 12.6 Å². The Balaban J connectivity index is 2.39. The number of halogens is 1. The molecule has 0 N–H and O–H groups in total. The SMILES string of the molecule is CC1COCCN1c1cc(C(C)(C)C#N)nc(Cl)n1. The predicted octanol–water partition coefficient (Wildman–Crippen LogP) is 2.16. The van der Waals surface area contributed by atoms with E-state index in [2.05, 4.69) is 27.9 Å². The van der Waals surface area contributed by atoms with Gasteiger partial charge in [-0.2, -0.15) is 5.26 Å². The van der Waals surface area contributed by atoms with Gasteiger partial charge in [0.05, 0.1) is 36.4 Å². The van der Waals surface area contributed by atoms with Crippen molar-refractivity contribution in [2.75, 3.05) is 24.7 Å². The molecular formula is C13H17ClN4O.